The predicted octanol–water partition coefficient (Wildman–Crippen LogP) is 5.06. The number of benzene rings is 2. The van der Waals surface area contributed by atoms with Crippen LogP contribution in [0.4, 0.5) is 5.13 Å². The van der Waals surface area contributed by atoms with Crippen molar-refractivity contribution in [2.45, 2.75) is 20.3 Å². The summed E-state index contributed by atoms with van der Waals surface area (Å²) in [6.07, 6.45) is 3.88. The molecule has 2 aromatic heterocycles. The number of nitrogens with zero attached hydrogens (tertiary/aromatic N) is 3. The molecule has 0 fully saturated rings. The van der Waals surface area contributed by atoms with E-state index in [4.69, 9.17) is 0 Å². The van der Waals surface area contributed by atoms with E-state index in [0.29, 0.717) is 16.5 Å². The standard InChI is InChI=1S/C23H20N4OS/c1-15-8-10-17(11-9-15)12-20-16(2)26-23(29-20)27-22(28)19-13-24-21(25-14-19)18-6-4-3-5-7-18/h3-11,13-14H,12H2,1-2H3,(H,26,27,28). The molecule has 0 saturated carbocycles. The minimum absolute atomic E-state index is 0.264. The number of amides is 1. The summed E-state index contributed by atoms with van der Waals surface area (Å²) in [5, 5.41) is 3.45. The third kappa shape index (κ3) is 4.55. The minimum Gasteiger partial charge on any atom is -0.298 e. The van der Waals surface area contributed by atoms with Crippen molar-refractivity contribution in [3.63, 3.8) is 0 Å². The van der Waals surface area contributed by atoms with Gasteiger partial charge in [-0.05, 0) is 19.4 Å². The van der Waals surface area contributed by atoms with Crippen LogP contribution in [0.5, 0.6) is 0 Å². The molecule has 1 amide bonds. The number of aryl methyl sites for hydroxylation is 2. The highest BCUT2D eigenvalue weighted by Crippen LogP contribution is 2.26. The van der Waals surface area contributed by atoms with Crippen molar-refractivity contribution in [1.29, 1.82) is 0 Å². The summed E-state index contributed by atoms with van der Waals surface area (Å²) in [5.41, 5.74) is 4.71. The highest BCUT2D eigenvalue weighted by Gasteiger charge is 2.13. The SMILES string of the molecule is Cc1ccc(Cc2sc(NC(=O)c3cnc(-c4ccccc4)nc3)nc2C)cc1. The quantitative estimate of drug-likeness (QED) is 0.508. The van der Waals surface area contributed by atoms with Gasteiger partial charge in [0.1, 0.15) is 0 Å². The van der Waals surface area contributed by atoms with Gasteiger partial charge in [0.2, 0.25) is 0 Å². The van der Waals surface area contributed by atoms with Crippen LogP contribution in [0.1, 0.15) is 32.1 Å². The van der Waals surface area contributed by atoms with Crippen LogP contribution in [-0.4, -0.2) is 20.9 Å². The summed E-state index contributed by atoms with van der Waals surface area (Å²) in [5.74, 6) is 0.327. The number of aromatic nitrogens is 3. The molecule has 6 heteroatoms. The monoisotopic (exact) mass is 400 g/mol. The average molecular weight is 401 g/mol. The Balaban J connectivity index is 1.45. The fraction of sp³-hybridized carbons (Fsp3) is 0.130. The first-order valence-corrected chi connectivity index (χ1v) is 10.1. The Morgan fingerprint density at radius 2 is 1.66 bits per heavy atom. The molecule has 29 heavy (non-hydrogen) atoms. The first kappa shape index (κ1) is 19.0. The Morgan fingerprint density at radius 1 is 0.966 bits per heavy atom. The molecule has 0 bridgehead atoms. The highest BCUT2D eigenvalue weighted by atomic mass is 32.1. The van der Waals surface area contributed by atoms with Gasteiger partial charge >= 0.3 is 0 Å². The van der Waals surface area contributed by atoms with Crippen LogP contribution in [0.25, 0.3) is 11.4 Å². The fourth-order valence-electron chi connectivity index (χ4n) is 2.89. The second kappa shape index (κ2) is 8.32. The summed E-state index contributed by atoms with van der Waals surface area (Å²) >= 11 is 1.50. The molecule has 0 atom stereocenters. The number of hydrogen-bond donors (Lipinski definition) is 1. The van der Waals surface area contributed by atoms with Crippen LogP contribution in [-0.2, 0) is 6.42 Å². The van der Waals surface area contributed by atoms with E-state index in [-0.39, 0.29) is 5.91 Å². The van der Waals surface area contributed by atoms with Gasteiger partial charge in [-0.15, -0.1) is 11.3 Å². The van der Waals surface area contributed by atoms with Crippen LogP contribution in [0, 0.1) is 13.8 Å². The molecule has 0 spiro atoms. The zero-order valence-corrected chi connectivity index (χ0v) is 17.0. The maximum atomic E-state index is 12.6. The molecule has 0 aliphatic heterocycles. The molecule has 0 radical (unpaired) electrons. The lowest BCUT2D eigenvalue weighted by Gasteiger charge is -2.03. The molecule has 0 saturated heterocycles. The van der Waals surface area contributed by atoms with Crippen molar-refractivity contribution >= 4 is 22.4 Å². The third-order valence-electron chi connectivity index (χ3n) is 4.54. The second-order valence-electron chi connectivity index (χ2n) is 6.81. The van der Waals surface area contributed by atoms with Gasteiger partial charge < -0.3 is 0 Å². The molecular formula is C23H20N4OS. The van der Waals surface area contributed by atoms with Crippen molar-refractivity contribution in [3.05, 3.63) is 94.3 Å². The Kier molecular flexibility index (Phi) is 5.44. The van der Waals surface area contributed by atoms with Crippen molar-refractivity contribution in [2.75, 3.05) is 5.32 Å². The van der Waals surface area contributed by atoms with Gasteiger partial charge in [0, 0.05) is 29.3 Å². The summed E-state index contributed by atoms with van der Waals surface area (Å²) in [6, 6.07) is 18.1. The minimum atomic E-state index is -0.264. The van der Waals surface area contributed by atoms with Gasteiger partial charge in [0.05, 0.1) is 11.3 Å². The molecule has 0 aliphatic rings. The maximum absolute atomic E-state index is 12.6. The Bertz CT molecular complexity index is 1120. The lowest BCUT2D eigenvalue weighted by Crippen LogP contribution is -2.12. The number of hydrogen-bond acceptors (Lipinski definition) is 5. The van der Waals surface area contributed by atoms with E-state index in [0.717, 1.165) is 22.6 Å². The smallest absolute Gasteiger partial charge is 0.260 e. The lowest BCUT2D eigenvalue weighted by atomic mass is 10.1. The van der Waals surface area contributed by atoms with Crippen LogP contribution in [0.3, 0.4) is 0 Å². The Morgan fingerprint density at radius 3 is 2.34 bits per heavy atom. The van der Waals surface area contributed by atoms with Gasteiger partial charge in [-0.25, -0.2) is 15.0 Å². The van der Waals surface area contributed by atoms with Crippen molar-refractivity contribution in [1.82, 2.24) is 15.0 Å². The molecule has 4 aromatic rings. The van der Waals surface area contributed by atoms with Crippen LogP contribution in [0.15, 0.2) is 67.0 Å². The number of nitrogens with one attached hydrogen (secondary N) is 1. The summed E-state index contributed by atoms with van der Waals surface area (Å²) in [6.45, 7) is 4.04. The first-order valence-electron chi connectivity index (χ1n) is 9.29. The van der Waals surface area contributed by atoms with Gasteiger partial charge in [0.15, 0.2) is 11.0 Å². The van der Waals surface area contributed by atoms with E-state index in [1.807, 2.05) is 37.3 Å². The van der Waals surface area contributed by atoms with Crippen molar-refractivity contribution in [3.8, 4) is 11.4 Å². The maximum Gasteiger partial charge on any atom is 0.260 e. The zero-order valence-electron chi connectivity index (χ0n) is 16.2. The summed E-state index contributed by atoms with van der Waals surface area (Å²) in [4.78, 5) is 26.8. The van der Waals surface area contributed by atoms with Crippen LogP contribution in [0.2, 0.25) is 0 Å². The topological polar surface area (TPSA) is 67.8 Å². The molecule has 2 aromatic carbocycles. The molecule has 0 unspecified atom stereocenters. The molecule has 0 aliphatic carbocycles. The molecule has 2 heterocycles. The Labute approximate surface area is 173 Å². The highest BCUT2D eigenvalue weighted by molar-refractivity contribution is 7.15. The number of rotatable bonds is 5. The van der Waals surface area contributed by atoms with E-state index in [1.54, 1.807) is 12.4 Å². The molecule has 1 N–H and O–H groups in total. The van der Waals surface area contributed by atoms with E-state index in [9.17, 15) is 4.79 Å². The van der Waals surface area contributed by atoms with E-state index in [1.165, 1.54) is 22.5 Å². The fourth-order valence-corrected chi connectivity index (χ4v) is 3.88. The van der Waals surface area contributed by atoms with Gasteiger partial charge in [0.25, 0.3) is 5.91 Å². The van der Waals surface area contributed by atoms with E-state index < -0.39 is 0 Å². The largest absolute Gasteiger partial charge is 0.298 e. The summed E-state index contributed by atoms with van der Waals surface area (Å²) in [7, 11) is 0. The van der Waals surface area contributed by atoms with Crippen molar-refractivity contribution < 1.29 is 4.79 Å². The Hall–Kier alpha value is -3.38. The summed E-state index contributed by atoms with van der Waals surface area (Å²) < 4.78 is 0. The molecule has 4 rings (SSSR count). The average Bonchev–Trinajstić information content (AvgIpc) is 3.09. The van der Waals surface area contributed by atoms with E-state index in [2.05, 4.69) is 51.5 Å². The van der Waals surface area contributed by atoms with Crippen LogP contribution >= 0.6 is 11.3 Å². The number of carbonyl (C=O) groups excluding carboxylic acids is 1. The predicted molar refractivity (Wildman–Crippen MR) is 116 cm³/mol. The number of carbonyl (C=O) groups is 1. The van der Waals surface area contributed by atoms with Gasteiger partial charge in [-0.1, -0.05) is 60.2 Å². The molecular weight excluding hydrogens is 380 g/mol. The number of thiazole rings is 1. The van der Waals surface area contributed by atoms with Gasteiger partial charge in [-0.3, -0.25) is 10.1 Å². The molecule has 5 nitrogen and oxygen atoms in total. The van der Waals surface area contributed by atoms with Crippen molar-refractivity contribution in [2.24, 2.45) is 0 Å². The zero-order chi connectivity index (χ0) is 20.2. The lowest BCUT2D eigenvalue weighted by molar-refractivity contribution is 0.102. The second-order valence-corrected chi connectivity index (χ2v) is 7.89. The third-order valence-corrected chi connectivity index (χ3v) is 5.62. The van der Waals surface area contributed by atoms with Crippen LogP contribution < -0.4 is 5.32 Å². The molecule has 144 valence electrons. The number of anilines is 1. The van der Waals surface area contributed by atoms with E-state index >= 15 is 0 Å². The first-order chi connectivity index (χ1) is 14.1. The van der Waals surface area contributed by atoms with Gasteiger partial charge in [-0.2, -0.15) is 0 Å². The normalized spacial score (nSPS) is 10.7.